The van der Waals surface area contributed by atoms with Gasteiger partial charge in [0.15, 0.2) is 0 Å². The van der Waals surface area contributed by atoms with Crippen LogP contribution in [0.5, 0.6) is 0 Å². The Kier molecular flexibility index (Phi) is 4.43. The zero-order valence-electron chi connectivity index (χ0n) is 17.8. The number of rotatable bonds is 1. The molecule has 1 N–H and O–H groups in total. The lowest BCUT2D eigenvalue weighted by Gasteiger charge is -2.60. The van der Waals surface area contributed by atoms with Gasteiger partial charge in [-0.25, -0.2) is 0 Å². The average Bonchev–Trinajstić information content (AvgIpc) is 3.01. The summed E-state index contributed by atoms with van der Waals surface area (Å²) >= 11 is 0. The first-order chi connectivity index (χ1) is 12.9. The van der Waals surface area contributed by atoms with Gasteiger partial charge in [-0.05, 0) is 91.8 Å². The number of allylic oxidation sites excluding steroid dienone is 3. The molecule has 3 saturated carbocycles. The van der Waals surface area contributed by atoms with Crippen molar-refractivity contribution in [1.82, 2.24) is 0 Å². The van der Waals surface area contributed by atoms with E-state index in [4.69, 9.17) is 0 Å². The molecule has 0 saturated heterocycles. The van der Waals surface area contributed by atoms with Gasteiger partial charge >= 0.3 is 0 Å². The predicted molar refractivity (Wildman–Crippen MR) is 112 cm³/mol. The normalized spacial score (nSPS) is 50.3. The Balaban J connectivity index is 1.46. The molecule has 0 aliphatic heterocycles. The minimum atomic E-state index is -0.0898. The Bertz CT molecular complexity index is 653. The van der Waals surface area contributed by atoms with E-state index in [2.05, 4.69) is 32.9 Å². The van der Waals surface area contributed by atoms with Crippen molar-refractivity contribution >= 4 is 0 Å². The summed E-state index contributed by atoms with van der Waals surface area (Å²) in [7, 11) is 0. The van der Waals surface area contributed by atoms with Crippen molar-refractivity contribution in [3.05, 3.63) is 23.3 Å². The summed E-state index contributed by atoms with van der Waals surface area (Å²) in [5.74, 6) is 4.15. The van der Waals surface area contributed by atoms with Gasteiger partial charge in [0.2, 0.25) is 0 Å². The minimum Gasteiger partial charge on any atom is -0.393 e. The lowest BCUT2D eigenvalue weighted by atomic mass is 9.45. The number of hydrogen-bond donors (Lipinski definition) is 1. The van der Waals surface area contributed by atoms with Crippen molar-refractivity contribution in [2.45, 2.75) is 97.5 Å². The Hall–Kier alpha value is -0.560. The largest absolute Gasteiger partial charge is 0.393 e. The molecule has 0 heterocycles. The highest BCUT2D eigenvalue weighted by Gasteiger charge is 2.58. The van der Waals surface area contributed by atoms with E-state index in [0.717, 1.165) is 36.5 Å². The minimum absolute atomic E-state index is 0.0898. The van der Waals surface area contributed by atoms with Gasteiger partial charge in [-0.2, -0.15) is 0 Å². The van der Waals surface area contributed by atoms with Crippen LogP contribution in [0.3, 0.4) is 0 Å². The summed E-state index contributed by atoms with van der Waals surface area (Å²) in [6, 6.07) is 0. The Morgan fingerprint density at radius 2 is 1.67 bits per heavy atom. The Labute approximate surface area is 166 Å². The van der Waals surface area contributed by atoms with Crippen molar-refractivity contribution in [2.24, 2.45) is 40.4 Å². The van der Waals surface area contributed by atoms with Gasteiger partial charge in [0.1, 0.15) is 0 Å². The summed E-state index contributed by atoms with van der Waals surface area (Å²) in [6.07, 6.45) is 19.9. The molecule has 0 aromatic rings. The SMILES string of the molecule is CC1C=C2CC(O)CC[C@]2(C)[C@@H]2CC[C@]3(C)C(C4CCCCC4)=CC[C@H]3[C@H]12. The third-order valence-corrected chi connectivity index (χ3v) is 10.1. The summed E-state index contributed by atoms with van der Waals surface area (Å²) in [6.45, 7) is 7.71. The number of hydrogen-bond acceptors (Lipinski definition) is 1. The zero-order chi connectivity index (χ0) is 18.8. The van der Waals surface area contributed by atoms with Crippen LogP contribution in [0.1, 0.15) is 91.4 Å². The molecule has 0 spiro atoms. The first-order valence-corrected chi connectivity index (χ1v) is 12.0. The van der Waals surface area contributed by atoms with Gasteiger partial charge < -0.3 is 5.11 Å². The van der Waals surface area contributed by atoms with Gasteiger partial charge in [-0.1, -0.05) is 63.3 Å². The molecule has 150 valence electrons. The molecule has 27 heavy (non-hydrogen) atoms. The number of fused-ring (bicyclic) bond motifs is 5. The van der Waals surface area contributed by atoms with Gasteiger partial charge in [-0.15, -0.1) is 0 Å². The van der Waals surface area contributed by atoms with E-state index in [0.29, 0.717) is 16.7 Å². The first kappa shape index (κ1) is 18.5. The van der Waals surface area contributed by atoms with E-state index in [1.807, 2.05) is 5.57 Å². The van der Waals surface area contributed by atoms with E-state index in [-0.39, 0.29) is 6.10 Å². The molecule has 3 fully saturated rings. The summed E-state index contributed by atoms with van der Waals surface area (Å²) in [5.41, 5.74) is 4.34. The van der Waals surface area contributed by atoms with Gasteiger partial charge in [-0.3, -0.25) is 0 Å². The van der Waals surface area contributed by atoms with Crippen molar-refractivity contribution < 1.29 is 5.11 Å². The zero-order valence-corrected chi connectivity index (χ0v) is 17.8. The van der Waals surface area contributed by atoms with Gasteiger partial charge in [0.05, 0.1) is 6.10 Å². The summed E-state index contributed by atoms with van der Waals surface area (Å²) < 4.78 is 0. The fourth-order valence-corrected chi connectivity index (χ4v) is 8.65. The molecule has 2 unspecified atom stereocenters. The molecule has 0 bridgehead atoms. The second kappa shape index (κ2) is 6.48. The standard InChI is InChI=1S/C26H40O/c1-17-15-19-16-20(27)11-13-25(19,2)23-12-14-26(3)21(9-10-22(26)24(17)23)18-7-5-4-6-8-18/h9,15,17-18,20,22-24,27H,4-8,10-14,16H2,1-3H3/t17?,20?,22-,23+,24-,25-,26+/m0/s1. The number of aliphatic hydroxyl groups excluding tert-OH is 1. The lowest BCUT2D eigenvalue weighted by Crippen LogP contribution is -2.52. The van der Waals surface area contributed by atoms with E-state index >= 15 is 0 Å². The Morgan fingerprint density at radius 1 is 0.926 bits per heavy atom. The van der Waals surface area contributed by atoms with Crippen LogP contribution in [0.25, 0.3) is 0 Å². The van der Waals surface area contributed by atoms with Crippen LogP contribution in [0.2, 0.25) is 0 Å². The third kappa shape index (κ3) is 2.66. The molecule has 5 aliphatic carbocycles. The van der Waals surface area contributed by atoms with Crippen LogP contribution < -0.4 is 0 Å². The van der Waals surface area contributed by atoms with Gasteiger partial charge in [0.25, 0.3) is 0 Å². The van der Waals surface area contributed by atoms with Crippen molar-refractivity contribution in [3.63, 3.8) is 0 Å². The van der Waals surface area contributed by atoms with Crippen LogP contribution in [0, 0.1) is 40.4 Å². The molecule has 1 nitrogen and oxygen atoms in total. The van der Waals surface area contributed by atoms with E-state index in [1.54, 1.807) is 5.57 Å². The van der Waals surface area contributed by atoms with Crippen molar-refractivity contribution in [2.75, 3.05) is 0 Å². The smallest absolute Gasteiger partial charge is 0.0577 e. The molecule has 0 radical (unpaired) electrons. The quantitative estimate of drug-likeness (QED) is 0.512. The van der Waals surface area contributed by atoms with Crippen molar-refractivity contribution in [3.8, 4) is 0 Å². The van der Waals surface area contributed by atoms with Crippen LogP contribution in [0.4, 0.5) is 0 Å². The molecular formula is C26H40O. The van der Waals surface area contributed by atoms with Gasteiger partial charge in [0, 0.05) is 0 Å². The maximum absolute atomic E-state index is 10.3. The fraction of sp³-hybridized carbons (Fsp3) is 0.846. The molecule has 5 rings (SSSR count). The highest BCUT2D eigenvalue weighted by Crippen LogP contribution is 2.67. The van der Waals surface area contributed by atoms with Crippen LogP contribution in [-0.2, 0) is 0 Å². The molecule has 5 aliphatic rings. The average molecular weight is 369 g/mol. The summed E-state index contributed by atoms with van der Waals surface area (Å²) in [5, 5.41) is 10.3. The molecule has 0 aromatic carbocycles. The molecule has 0 aromatic heterocycles. The highest BCUT2D eigenvalue weighted by atomic mass is 16.3. The summed E-state index contributed by atoms with van der Waals surface area (Å²) in [4.78, 5) is 0. The fourth-order valence-electron chi connectivity index (χ4n) is 8.65. The Morgan fingerprint density at radius 3 is 2.44 bits per heavy atom. The number of aliphatic hydroxyl groups is 1. The second-order valence-corrected chi connectivity index (χ2v) is 11.3. The monoisotopic (exact) mass is 368 g/mol. The predicted octanol–water partition coefficient (Wildman–Crippen LogP) is 6.67. The topological polar surface area (TPSA) is 20.2 Å². The molecular weight excluding hydrogens is 328 g/mol. The van der Waals surface area contributed by atoms with Crippen LogP contribution in [0.15, 0.2) is 23.3 Å². The van der Waals surface area contributed by atoms with Crippen LogP contribution >= 0.6 is 0 Å². The van der Waals surface area contributed by atoms with Crippen LogP contribution in [-0.4, -0.2) is 11.2 Å². The first-order valence-electron chi connectivity index (χ1n) is 12.0. The highest BCUT2D eigenvalue weighted by molar-refractivity contribution is 5.32. The van der Waals surface area contributed by atoms with Crippen molar-refractivity contribution in [1.29, 1.82) is 0 Å². The lowest BCUT2D eigenvalue weighted by molar-refractivity contribution is -0.0504. The maximum atomic E-state index is 10.3. The molecule has 0 amide bonds. The van der Waals surface area contributed by atoms with E-state index in [1.165, 1.54) is 57.8 Å². The third-order valence-electron chi connectivity index (χ3n) is 10.1. The van der Waals surface area contributed by atoms with E-state index in [9.17, 15) is 5.11 Å². The second-order valence-electron chi connectivity index (χ2n) is 11.3. The maximum Gasteiger partial charge on any atom is 0.0577 e. The molecule has 1 heteroatoms. The molecule has 7 atom stereocenters. The van der Waals surface area contributed by atoms with E-state index < -0.39 is 0 Å².